The van der Waals surface area contributed by atoms with Gasteiger partial charge in [-0.25, -0.2) is 18.4 Å². The summed E-state index contributed by atoms with van der Waals surface area (Å²) in [6.07, 6.45) is 2.95. The summed E-state index contributed by atoms with van der Waals surface area (Å²) in [5, 5.41) is 0. The van der Waals surface area contributed by atoms with Crippen LogP contribution in [0.5, 0.6) is 0 Å². The maximum atomic E-state index is 12.6. The van der Waals surface area contributed by atoms with E-state index in [0.717, 1.165) is 11.4 Å². The molecule has 0 atom stereocenters. The number of anilines is 1. The first-order valence-electron chi connectivity index (χ1n) is 7.44. The highest BCUT2D eigenvalue weighted by molar-refractivity contribution is 7.89. The highest BCUT2D eigenvalue weighted by Gasteiger charge is 2.29. The van der Waals surface area contributed by atoms with Crippen LogP contribution in [-0.4, -0.2) is 53.9 Å². The van der Waals surface area contributed by atoms with Crippen molar-refractivity contribution in [3.63, 3.8) is 0 Å². The second-order valence-corrected chi connectivity index (χ2v) is 7.47. The number of aryl methyl sites for hydroxylation is 2. The molecule has 0 radical (unpaired) electrons. The first kappa shape index (κ1) is 15.8. The van der Waals surface area contributed by atoms with Gasteiger partial charge in [0.25, 0.3) is 0 Å². The van der Waals surface area contributed by atoms with Crippen LogP contribution in [0.1, 0.15) is 11.4 Å². The molecule has 0 saturated carbocycles. The lowest BCUT2D eigenvalue weighted by Crippen LogP contribution is -2.49. The van der Waals surface area contributed by atoms with Crippen LogP contribution in [0.3, 0.4) is 0 Å². The van der Waals surface area contributed by atoms with E-state index in [0.29, 0.717) is 32.1 Å². The molecule has 1 aliphatic heterocycles. The van der Waals surface area contributed by atoms with E-state index in [-0.39, 0.29) is 4.90 Å². The molecule has 0 spiro atoms. The first-order chi connectivity index (χ1) is 11.0. The van der Waals surface area contributed by atoms with Crippen molar-refractivity contribution in [3.05, 3.63) is 42.0 Å². The van der Waals surface area contributed by atoms with Crippen molar-refractivity contribution < 1.29 is 8.42 Å². The topological polar surface area (TPSA) is 79.3 Å². The van der Waals surface area contributed by atoms with Gasteiger partial charge in [0.2, 0.25) is 16.0 Å². The first-order valence-corrected chi connectivity index (χ1v) is 8.88. The third kappa shape index (κ3) is 3.32. The number of aromatic nitrogens is 3. The maximum absolute atomic E-state index is 12.6. The lowest BCUT2D eigenvalue weighted by molar-refractivity contribution is 0.382. The third-order valence-electron chi connectivity index (χ3n) is 3.76. The van der Waals surface area contributed by atoms with E-state index in [2.05, 4.69) is 15.0 Å². The largest absolute Gasteiger partial charge is 0.338 e. The number of piperazine rings is 1. The Labute approximate surface area is 136 Å². The molecule has 2 aromatic rings. The molecule has 2 aromatic heterocycles. The van der Waals surface area contributed by atoms with Crippen LogP contribution >= 0.6 is 0 Å². The molecule has 3 rings (SSSR count). The summed E-state index contributed by atoms with van der Waals surface area (Å²) in [5.74, 6) is 0.668. The van der Waals surface area contributed by atoms with E-state index in [1.165, 1.54) is 10.5 Å². The predicted molar refractivity (Wildman–Crippen MR) is 86.7 cm³/mol. The third-order valence-corrected chi connectivity index (χ3v) is 5.65. The lowest BCUT2D eigenvalue weighted by Gasteiger charge is -2.34. The van der Waals surface area contributed by atoms with E-state index in [9.17, 15) is 8.42 Å². The quantitative estimate of drug-likeness (QED) is 0.834. The zero-order chi connectivity index (χ0) is 16.4. The van der Waals surface area contributed by atoms with Gasteiger partial charge in [-0.3, -0.25) is 4.98 Å². The molecule has 0 aliphatic carbocycles. The molecule has 122 valence electrons. The maximum Gasteiger partial charge on any atom is 0.244 e. The van der Waals surface area contributed by atoms with Gasteiger partial charge in [0.1, 0.15) is 4.90 Å². The average Bonchev–Trinajstić information content (AvgIpc) is 2.55. The molecule has 1 saturated heterocycles. The molecule has 0 unspecified atom stereocenters. The zero-order valence-corrected chi connectivity index (χ0v) is 14.0. The second-order valence-electron chi connectivity index (χ2n) is 5.53. The minimum Gasteiger partial charge on any atom is -0.338 e. The van der Waals surface area contributed by atoms with Gasteiger partial charge in [-0.05, 0) is 32.0 Å². The van der Waals surface area contributed by atoms with Crippen molar-refractivity contribution in [2.24, 2.45) is 0 Å². The molecule has 3 heterocycles. The van der Waals surface area contributed by atoms with Gasteiger partial charge in [-0.1, -0.05) is 0 Å². The molecule has 8 heteroatoms. The van der Waals surface area contributed by atoms with Gasteiger partial charge in [0, 0.05) is 50.0 Å². The zero-order valence-electron chi connectivity index (χ0n) is 13.2. The SMILES string of the molecule is Cc1cc(C)nc(N2CCN(S(=O)(=O)c3cccnc3)CC2)n1. The summed E-state index contributed by atoms with van der Waals surface area (Å²) >= 11 is 0. The fourth-order valence-electron chi connectivity index (χ4n) is 2.63. The average molecular weight is 333 g/mol. The number of pyridine rings is 1. The van der Waals surface area contributed by atoms with Crippen LogP contribution in [0.2, 0.25) is 0 Å². The molecule has 23 heavy (non-hydrogen) atoms. The van der Waals surface area contributed by atoms with Crippen molar-refractivity contribution in [2.45, 2.75) is 18.7 Å². The molecule has 0 amide bonds. The summed E-state index contributed by atoms with van der Waals surface area (Å²) in [6, 6.07) is 5.13. The monoisotopic (exact) mass is 333 g/mol. The molecule has 0 N–H and O–H groups in total. The summed E-state index contributed by atoms with van der Waals surface area (Å²) in [7, 11) is -3.48. The Balaban J connectivity index is 1.73. The number of sulfonamides is 1. The lowest BCUT2D eigenvalue weighted by atomic mass is 10.3. The number of rotatable bonds is 3. The van der Waals surface area contributed by atoms with Crippen molar-refractivity contribution in [3.8, 4) is 0 Å². The Hall–Kier alpha value is -2.06. The van der Waals surface area contributed by atoms with Gasteiger partial charge in [0.05, 0.1) is 0 Å². The van der Waals surface area contributed by atoms with Crippen LogP contribution in [0, 0.1) is 13.8 Å². The molecular weight excluding hydrogens is 314 g/mol. The summed E-state index contributed by atoms with van der Waals surface area (Å²) < 4.78 is 26.6. The van der Waals surface area contributed by atoms with Gasteiger partial charge in [0.15, 0.2) is 0 Å². The standard InChI is InChI=1S/C15H19N5O2S/c1-12-10-13(2)18-15(17-12)19-6-8-20(9-7-19)23(21,22)14-4-3-5-16-11-14/h3-5,10-11H,6-9H2,1-2H3. The smallest absolute Gasteiger partial charge is 0.244 e. The van der Waals surface area contributed by atoms with Crippen LogP contribution in [0.4, 0.5) is 5.95 Å². The summed E-state index contributed by atoms with van der Waals surface area (Å²) in [5.41, 5.74) is 1.83. The molecule has 0 aromatic carbocycles. The van der Waals surface area contributed by atoms with E-state index < -0.39 is 10.0 Å². The van der Waals surface area contributed by atoms with Crippen molar-refractivity contribution in [2.75, 3.05) is 31.1 Å². The Bertz CT molecular complexity index is 767. The Morgan fingerprint density at radius 3 is 2.26 bits per heavy atom. The Morgan fingerprint density at radius 2 is 1.70 bits per heavy atom. The second kappa shape index (κ2) is 6.21. The van der Waals surface area contributed by atoms with Gasteiger partial charge < -0.3 is 4.90 Å². The highest BCUT2D eigenvalue weighted by Crippen LogP contribution is 2.19. The molecule has 1 fully saturated rings. The van der Waals surface area contributed by atoms with Crippen LogP contribution in [0.25, 0.3) is 0 Å². The van der Waals surface area contributed by atoms with Gasteiger partial charge in [-0.2, -0.15) is 4.31 Å². The minimum atomic E-state index is -3.48. The minimum absolute atomic E-state index is 0.233. The molecule has 7 nitrogen and oxygen atoms in total. The Kier molecular flexibility index (Phi) is 4.27. The Morgan fingerprint density at radius 1 is 1.04 bits per heavy atom. The van der Waals surface area contributed by atoms with Gasteiger partial charge in [-0.15, -0.1) is 0 Å². The number of nitrogens with zero attached hydrogens (tertiary/aromatic N) is 5. The fraction of sp³-hybridized carbons (Fsp3) is 0.400. The predicted octanol–water partition coefficient (Wildman–Crippen LogP) is 0.999. The van der Waals surface area contributed by atoms with Crippen molar-refractivity contribution in [1.82, 2.24) is 19.3 Å². The number of hydrogen-bond donors (Lipinski definition) is 0. The number of hydrogen-bond acceptors (Lipinski definition) is 6. The fourth-order valence-corrected chi connectivity index (χ4v) is 4.01. The van der Waals surface area contributed by atoms with E-state index >= 15 is 0 Å². The van der Waals surface area contributed by atoms with Crippen molar-refractivity contribution >= 4 is 16.0 Å². The molecule has 1 aliphatic rings. The molecular formula is C15H19N5O2S. The highest BCUT2D eigenvalue weighted by atomic mass is 32.2. The van der Waals surface area contributed by atoms with E-state index in [4.69, 9.17) is 0 Å². The summed E-state index contributed by atoms with van der Waals surface area (Å²) in [4.78, 5) is 15.0. The van der Waals surface area contributed by atoms with Crippen LogP contribution < -0.4 is 4.90 Å². The van der Waals surface area contributed by atoms with Crippen LogP contribution in [-0.2, 0) is 10.0 Å². The van der Waals surface area contributed by atoms with E-state index in [1.807, 2.05) is 24.8 Å². The molecule has 0 bridgehead atoms. The van der Waals surface area contributed by atoms with E-state index in [1.54, 1.807) is 18.3 Å². The summed E-state index contributed by atoms with van der Waals surface area (Å²) in [6.45, 7) is 5.83. The normalized spacial score (nSPS) is 16.5. The van der Waals surface area contributed by atoms with Crippen LogP contribution in [0.15, 0.2) is 35.5 Å². The van der Waals surface area contributed by atoms with Crippen molar-refractivity contribution in [1.29, 1.82) is 0 Å². The van der Waals surface area contributed by atoms with Gasteiger partial charge >= 0.3 is 0 Å².